The number of aryl methyl sites for hydroxylation is 2. The third-order valence-electron chi connectivity index (χ3n) is 2.19. The number of nitrogens with zero attached hydrogens (tertiary/aromatic N) is 2. The summed E-state index contributed by atoms with van der Waals surface area (Å²) in [5.74, 6) is 0.768. The van der Waals surface area contributed by atoms with Crippen molar-refractivity contribution in [1.29, 1.82) is 5.26 Å². The van der Waals surface area contributed by atoms with E-state index in [1.807, 2.05) is 20.8 Å². The van der Waals surface area contributed by atoms with E-state index in [4.69, 9.17) is 5.26 Å². The molecule has 0 spiro atoms. The molecule has 0 amide bonds. The van der Waals surface area contributed by atoms with E-state index in [9.17, 15) is 0 Å². The minimum Gasteiger partial charge on any atom is -0.345 e. The van der Waals surface area contributed by atoms with Crippen molar-refractivity contribution in [3.05, 3.63) is 17.2 Å². The van der Waals surface area contributed by atoms with Crippen molar-refractivity contribution in [3.8, 4) is 6.07 Å². The molecule has 1 rings (SSSR count). The summed E-state index contributed by atoms with van der Waals surface area (Å²) in [4.78, 5) is 7.55. The summed E-state index contributed by atoms with van der Waals surface area (Å²) in [6.45, 7) is 7.78. The monoisotopic (exact) mass is 177 g/mol. The van der Waals surface area contributed by atoms with Crippen LogP contribution in [0.4, 0.5) is 0 Å². The average Bonchev–Trinajstić information content (AvgIpc) is 2.47. The lowest BCUT2D eigenvalue weighted by Crippen LogP contribution is -2.16. The zero-order valence-electron chi connectivity index (χ0n) is 8.60. The van der Waals surface area contributed by atoms with Gasteiger partial charge in [-0.15, -0.1) is 0 Å². The lowest BCUT2D eigenvalue weighted by atomic mass is 9.95. The van der Waals surface area contributed by atoms with Crippen LogP contribution in [0.15, 0.2) is 0 Å². The first-order valence-electron chi connectivity index (χ1n) is 4.48. The van der Waals surface area contributed by atoms with Gasteiger partial charge in [-0.2, -0.15) is 5.26 Å². The normalized spacial score (nSPS) is 11.3. The Hall–Kier alpha value is -1.30. The Morgan fingerprint density at radius 3 is 2.54 bits per heavy atom. The molecule has 0 aliphatic heterocycles. The second kappa shape index (κ2) is 3.21. The minimum absolute atomic E-state index is 0.516. The van der Waals surface area contributed by atoms with Gasteiger partial charge >= 0.3 is 0 Å². The van der Waals surface area contributed by atoms with Gasteiger partial charge in [0.25, 0.3) is 0 Å². The average molecular weight is 177 g/mol. The fourth-order valence-corrected chi connectivity index (χ4v) is 1.19. The van der Waals surface area contributed by atoms with Crippen LogP contribution in [0.5, 0.6) is 0 Å². The number of H-pyrrole nitrogens is 1. The highest BCUT2D eigenvalue weighted by Gasteiger charge is 2.24. The largest absolute Gasteiger partial charge is 0.345 e. The van der Waals surface area contributed by atoms with E-state index in [0.717, 1.165) is 23.6 Å². The Bertz CT molecular complexity index is 342. The smallest absolute Gasteiger partial charge is 0.126 e. The molecule has 3 nitrogen and oxygen atoms in total. The Morgan fingerprint density at radius 1 is 1.54 bits per heavy atom. The van der Waals surface area contributed by atoms with Crippen LogP contribution in [0.25, 0.3) is 0 Å². The van der Waals surface area contributed by atoms with Crippen LogP contribution < -0.4 is 0 Å². The molecular formula is C10H15N3. The van der Waals surface area contributed by atoms with Crippen molar-refractivity contribution in [2.24, 2.45) is 0 Å². The quantitative estimate of drug-likeness (QED) is 0.752. The first-order valence-corrected chi connectivity index (χ1v) is 4.48. The molecule has 3 heteroatoms. The maximum atomic E-state index is 8.91. The van der Waals surface area contributed by atoms with Gasteiger partial charge in [0, 0.05) is 5.69 Å². The van der Waals surface area contributed by atoms with Crippen molar-refractivity contribution in [2.75, 3.05) is 0 Å². The van der Waals surface area contributed by atoms with E-state index in [-0.39, 0.29) is 0 Å². The number of aromatic amines is 1. The van der Waals surface area contributed by atoms with E-state index < -0.39 is 5.41 Å². The summed E-state index contributed by atoms with van der Waals surface area (Å²) in [5, 5.41) is 8.91. The number of rotatable bonds is 2. The summed E-state index contributed by atoms with van der Waals surface area (Å²) < 4.78 is 0. The molecule has 0 saturated heterocycles. The van der Waals surface area contributed by atoms with Crippen molar-refractivity contribution in [3.63, 3.8) is 0 Å². The standard InChI is InChI=1S/C10H15N3/c1-5-8-7(2)12-9(13-8)10(3,4)6-11/h5H2,1-4H3,(H,12,13). The number of imidazole rings is 1. The van der Waals surface area contributed by atoms with Gasteiger partial charge in [0.2, 0.25) is 0 Å². The second-order valence-corrected chi connectivity index (χ2v) is 3.75. The van der Waals surface area contributed by atoms with Gasteiger partial charge in [0.1, 0.15) is 11.2 Å². The van der Waals surface area contributed by atoms with Crippen molar-refractivity contribution < 1.29 is 0 Å². The van der Waals surface area contributed by atoms with E-state index in [1.54, 1.807) is 0 Å². The molecule has 70 valence electrons. The zero-order valence-corrected chi connectivity index (χ0v) is 8.60. The number of nitrogens with one attached hydrogen (secondary N) is 1. The predicted octanol–water partition coefficient (Wildman–Crippen LogP) is 2.08. The molecule has 1 heterocycles. The molecule has 0 aliphatic rings. The molecule has 0 radical (unpaired) electrons. The minimum atomic E-state index is -0.516. The van der Waals surface area contributed by atoms with Crippen molar-refractivity contribution in [1.82, 2.24) is 9.97 Å². The van der Waals surface area contributed by atoms with Crippen LogP contribution in [0, 0.1) is 18.3 Å². The van der Waals surface area contributed by atoms with Gasteiger partial charge in [0.15, 0.2) is 0 Å². The van der Waals surface area contributed by atoms with Crippen molar-refractivity contribution >= 4 is 0 Å². The van der Waals surface area contributed by atoms with Gasteiger partial charge in [-0.3, -0.25) is 0 Å². The summed E-state index contributed by atoms with van der Waals surface area (Å²) in [6.07, 6.45) is 0.907. The lowest BCUT2D eigenvalue weighted by molar-refractivity contribution is 0.636. The van der Waals surface area contributed by atoms with E-state index in [2.05, 4.69) is 23.0 Å². The molecule has 1 aromatic heterocycles. The number of aromatic nitrogens is 2. The SMILES string of the molecule is CCc1nc(C(C)(C)C#N)[nH]c1C. The second-order valence-electron chi connectivity index (χ2n) is 3.75. The Labute approximate surface area is 78.8 Å². The molecular weight excluding hydrogens is 162 g/mol. The molecule has 13 heavy (non-hydrogen) atoms. The summed E-state index contributed by atoms with van der Waals surface area (Å²) in [7, 11) is 0. The molecule has 1 N–H and O–H groups in total. The van der Waals surface area contributed by atoms with Crippen LogP contribution in [0.2, 0.25) is 0 Å². The summed E-state index contributed by atoms with van der Waals surface area (Å²) in [6, 6.07) is 2.23. The zero-order chi connectivity index (χ0) is 10.1. The van der Waals surface area contributed by atoms with Gasteiger partial charge < -0.3 is 4.98 Å². The van der Waals surface area contributed by atoms with Gasteiger partial charge in [-0.1, -0.05) is 6.92 Å². The highest BCUT2D eigenvalue weighted by molar-refractivity contribution is 5.22. The molecule has 1 aromatic rings. The first kappa shape index (κ1) is 9.79. The maximum Gasteiger partial charge on any atom is 0.126 e. The molecule has 0 saturated carbocycles. The predicted molar refractivity (Wildman–Crippen MR) is 51.3 cm³/mol. The fraction of sp³-hybridized carbons (Fsp3) is 0.600. The molecule has 0 fully saturated rings. The Balaban J connectivity index is 3.12. The molecule has 0 aromatic carbocycles. The molecule has 0 atom stereocenters. The number of hydrogen-bond donors (Lipinski definition) is 1. The third kappa shape index (κ3) is 1.72. The van der Waals surface area contributed by atoms with Gasteiger partial charge in [-0.25, -0.2) is 4.98 Å². The van der Waals surface area contributed by atoms with Crippen LogP contribution in [-0.2, 0) is 11.8 Å². The summed E-state index contributed by atoms with van der Waals surface area (Å²) in [5.41, 5.74) is 1.61. The van der Waals surface area contributed by atoms with E-state index in [1.165, 1.54) is 0 Å². The topological polar surface area (TPSA) is 52.5 Å². The molecule has 0 aliphatic carbocycles. The third-order valence-corrected chi connectivity index (χ3v) is 2.19. The van der Waals surface area contributed by atoms with Gasteiger partial charge in [0.05, 0.1) is 11.8 Å². The van der Waals surface area contributed by atoms with E-state index >= 15 is 0 Å². The fourth-order valence-electron chi connectivity index (χ4n) is 1.19. The maximum absolute atomic E-state index is 8.91. The van der Waals surface area contributed by atoms with Crippen molar-refractivity contribution in [2.45, 2.75) is 39.5 Å². The van der Waals surface area contributed by atoms with E-state index in [0.29, 0.717) is 0 Å². The van der Waals surface area contributed by atoms with Crippen LogP contribution >= 0.6 is 0 Å². The Kier molecular flexibility index (Phi) is 2.42. The highest BCUT2D eigenvalue weighted by Crippen LogP contribution is 2.20. The first-order chi connectivity index (χ1) is 6.01. The molecule has 0 unspecified atom stereocenters. The van der Waals surface area contributed by atoms with Gasteiger partial charge in [-0.05, 0) is 27.2 Å². The highest BCUT2D eigenvalue weighted by atomic mass is 14.9. The van der Waals surface area contributed by atoms with Crippen LogP contribution in [0.3, 0.4) is 0 Å². The number of hydrogen-bond acceptors (Lipinski definition) is 2. The van der Waals surface area contributed by atoms with Crippen LogP contribution in [0.1, 0.15) is 38.0 Å². The summed E-state index contributed by atoms with van der Waals surface area (Å²) >= 11 is 0. The number of nitriles is 1. The molecule has 0 bridgehead atoms. The lowest BCUT2D eigenvalue weighted by Gasteiger charge is -2.10. The van der Waals surface area contributed by atoms with Crippen LogP contribution in [-0.4, -0.2) is 9.97 Å². The Morgan fingerprint density at radius 2 is 2.15 bits per heavy atom.